The number of benzene rings is 2. The third-order valence-electron chi connectivity index (χ3n) is 2.77. The molecule has 0 aliphatic heterocycles. The highest BCUT2D eigenvalue weighted by atomic mass is 35.5. The molecular weight excluding hydrogens is 274 g/mol. The van der Waals surface area contributed by atoms with Crippen LogP contribution in [0.2, 0.25) is 5.02 Å². The molecule has 1 N–H and O–H groups in total. The van der Waals surface area contributed by atoms with Gasteiger partial charge in [0.25, 0.3) is 5.91 Å². The first-order chi connectivity index (χ1) is 9.69. The monoisotopic (exact) mass is 289 g/mol. The van der Waals surface area contributed by atoms with E-state index in [1.165, 1.54) is 0 Å². The van der Waals surface area contributed by atoms with E-state index in [9.17, 15) is 4.79 Å². The number of rotatable bonds is 5. The molecule has 0 spiro atoms. The summed E-state index contributed by atoms with van der Waals surface area (Å²) in [5.41, 5.74) is 1.58. The number of amides is 1. The summed E-state index contributed by atoms with van der Waals surface area (Å²) in [7, 11) is 0. The van der Waals surface area contributed by atoms with Crippen molar-refractivity contribution in [3.8, 4) is 5.75 Å². The average Bonchev–Trinajstić information content (AvgIpc) is 2.46. The second kappa shape index (κ2) is 6.96. The molecule has 0 atom stereocenters. The van der Waals surface area contributed by atoms with Crippen LogP contribution in [-0.2, 0) is 6.54 Å². The lowest BCUT2D eigenvalue weighted by Gasteiger charge is -2.07. The topological polar surface area (TPSA) is 38.3 Å². The van der Waals surface area contributed by atoms with Crippen molar-refractivity contribution in [2.45, 2.75) is 13.5 Å². The van der Waals surface area contributed by atoms with Gasteiger partial charge in [-0.15, -0.1) is 0 Å². The number of carbonyl (C=O) groups is 1. The Kier molecular flexibility index (Phi) is 5.02. The van der Waals surface area contributed by atoms with Crippen molar-refractivity contribution in [1.82, 2.24) is 5.32 Å². The second-order valence-corrected chi connectivity index (χ2v) is 4.71. The summed E-state index contributed by atoms with van der Waals surface area (Å²) in [4.78, 5) is 11.9. The Morgan fingerprint density at radius 1 is 1.20 bits per heavy atom. The maximum absolute atomic E-state index is 11.9. The predicted molar refractivity (Wildman–Crippen MR) is 80.2 cm³/mol. The minimum Gasteiger partial charge on any atom is -0.494 e. The summed E-state index contributed by atoms with van der Waals surface area (Å²) >= 11 is 5.86. The normalized spacial score (nSPS) is 10.1. The van der Waals surface area contributed by atoms with Gasteiger partial charge < -0.3 is 10.1 Å². The van der Waals surface area contributed by atoms with E-state index in [0.717, 1.165) is 11.3 Å². The molecule has 0 saturated carbocycles. The number of hydrogen-bond donors (Lipinski definition) is 1. The zero-order chi connectivity index (χ0) is 14.4. The standard InChI is InChI=1S/C16H16ClNO2/c1-2-20-15-8-6-12(7-9-15)11-18-16(19)13-4-3-5-14(17)10-13/h3-10H,2,11H2,1H3,(H,18,19). The van der Waals surface area contributed by atoms with Crippen LogP contribution in [0, 0.1) is 0 Å². The summed E-state index contributed by atoms with van der Waals surface area (Å²) in [5.74, 6) is 0.693. The minimum atomic E-state index is -0.138. The van der Waals surface area contributed by atoms with E-state index >= 15 is 0 Å². The van der Waals surface area contributed by atoms with Crippen molar-refractivity contribution >= 4 is 17.5 Å². The van der Waals surface area contributed by atoms with Crippen LogP contribution in [0.5, 0.6) is 5.75 Å². The molecule has 0 heterocycles. The number of hydrogen-bond acceptors (Lipinski definition) is 2. The Labute approximate surface area is 123 Å². The summed E-state index contributed by atoms with van der Waals surface area (Å²) < 4.78 is 5.37. The van der Waals surface area contributed by atoms with E-state index < -0.39 is 0 Å². The third-order valence-corrected chi connectivity index (χ3v) is 3.01. The van der Waals surface area contributed by atoms with Gasteiger partial charge in [-0.25, -0.2) is 0 Å². The fraction of sp³-hybridized carbons (Fsp3) is 0.188. The van der Waals surface area contributed by atoms with Crippen LogP contribution in [0.15, 0.2) is 48.5 Å². The van der Waals surface area contributed by atoms with Crippen molar-refractivity contribution in [3.05, 3.63) is 64.7 Å². The van der Waals surface area contributed by atoms with Crippen LogP contribution in [-0.4, -0.2) is 12.5 Å². The van der Waals surface area contributed by atoms with Crippen LogP contribution in [0.4, 0.5) is 0 Å². The molecule has 4 heteroatoms. The molecular formula is C16H16ClNO2. The van der Waals surface area contributed by atoms with Crippen LogP contribution >= 0.6 is 11.6 Å². The third kappa shape index (κ3) is 4.00. The van der Waals surface area contributed by atoms with Gasteiger partial charge in [-0.2, -0.15) is 0 Å². The van der Waals surface area contributed by atoms with Crippen molar-refractivity contribution in [2.75, 3.05) is 6.61 Å². The Hall–Kier alpha value is -2.00. The second-order valence-electron chi connectivity index (χ2n) is 4.27. The quantitative estimate of drug-likeness (QED) is 0.912. The lowest BCUT2D eigenvalue weighted by atomic mass is 10.2. The Bertz CT molecular complexity index is 581. The Morgan fingerprint density at radius 3 is 2.60 bits per heavy atom. The number of ether oxygens (including phenoxy) is 1. The van der Waals surface area contributed by atoms with E-state index in [1.807, 2.05) is 31.2 Å². The summed E-state index contributed by atoms with van der Waals surface area (Å²) in [6.45, 7) is 3.06. The van der Waals surface area contributed by atoms with Crippen molar-refractivity contribution in [1.29, 1.82) is 0 Å². The van der Waals surface area contributed by atoms with E-state index in [1.54, 1.807) is 24.3 Å². The first-order valence-electron chi connectivity index (χ1n) is 6.44. The SMILES string of the molecule is CCOc1ccc(CNC(=O)c2cccc(Cl)c2)cc1. The van der Waals surface area contributed by atoms with Gasteiger partial charge in [-0.3, -0.25) is 4.79 Å². The van der Waals surface area contributed by atoms with Crippen LogP contribution < -0.4 is 10.1 Å². The van der Waals surface area contributed by atoms with E-state index in [4.69, 9.17) is 16.3 Å². The maximum atomic E-state index is 11.9. The van der Waals surface area contributed by atoms with Gasteiger partial charge in [0.05, 0.1) is 6.61 Å². The fourth-order valence-corrected chi connectivity index (χ4v) is 1.97. The van der Waals surface area contributed by atoms with Crippen LogP contribution in [0.25, 0.3) is 0 Å². The smallest absolute Gasteiger partial charge is 0.251 e. The van der Waals surface area contributed by atoms with Crippen LogP contribution in [0.3, 0.4) is 0 Å². The molecule has 0 aliphatic carbocycles. The summed E-state index contributed by atoms with van der Waals surface area (Å²) in [6, 6.07) is 14.5. The molecule has 0 aliphatic rings. The molecule has 1 amide bonds. The zero-order valence-corrected chi connectivity index (χ0v) is 12.0. The Morgan fingerprint density at radius 2 is 1.95 bits per heavy atom. The van der Waals surface area contributed by atoms with Crippen molar-refractivity contribution in [2.24, 2.45) is 0 Å². The Balaban J connectivity index is 1.93. The molecule has 0 radical (unpaired) electrons. The number of carbonyl (C=O) groups excluding carboxylic acids is 1. The highest BCUT2D eigenvalue weighted by molar-refractivity contribution is 6.30. The molecule has 2 aromatic rings. The van der Waals surface area contributed by atoms with Gasteiger partial charge in [-0.1, -0.05) is 29.8 Å². The van der Waals surface area contributed by atoms with Gasteiger partial charge in [0.15, 0.2) is 0 Å². The molecule has 0 unspecified atom stereocenters. The molecule has 20 heavy (non-hydrogen) atoms. The highest BCUT2D eigenvalue weighted by Crippen LogP contribution is 2.13. The number of nitrogens with one attached hydrogen (secondary N) is 1. The summed E-state index contributed by atoms with van der Waals surface area (Å²) in [5, 5.41) is 3.41. The van der Waals surface area contributed by atoms with Gasteiger partial charge in [0.1, 0.15) is 5.75 Å². The zero-order valence-electron chi connectivity index (χ0n) is 11.2. The van der Waals surface area contributed by atoms with Gasteiger partial charge in [0, 0.05) is 17.1 Å². The van der Waals surface area contributed by atoms with Gasteiger partial charge in [0.2, 0.25) is 0 Å². The predicted octanol–water partition coefficient (Wildman–Crippen LogP) is 3.67. The largest absolute Gasteiger partial charge is 0.494 e. The molecule has 0 fully saturated rings. The van der Waals surface area contributed by atoms with E-state index in [0.29, 0.717) is 23.7 Å². The van der Waals surface area contributed by atoms with Gasteiger partial charge >= 0.3 is 0 Å². The first kappa shape index (κ1) is 14.4. The molecule has 0 saturated heterocycles. The van der Waals surface area contributed by atoms with Crippen molar-refractivity contribution < 1.29 is 9.53 Å². The van der Waals surface area contributed by atoms with E-state index in [-0.39, 0.29) is 5.91 Å². The van der Waals surface area contributed by atoms with Crippen LogP contribution in [0.1, 0.15) is 22.8 Å². The lowest BCUT2D eigenvalue weighted by molar-refractivity contribution is 0.0951. The minimum absolute atomic E-state index is 0.138. The fourth-order valence-electron chi connectivity index (χ4n) is 1.78. The molecule has 3 nitrogen and oxygen atoms in total. The van der Waals surface area contributed by atoms with Gasteiger partial charge in [-0.05, 0) is 42.8 Å². The molecule has 2 aromatic carbocycles. The lowest BCUT2D eigenvalue weighted by Crippen LogP contribution is -2.22. The summed E-state index contributed by atoms with van der Waals surface area (Å²) in [6.07, 6.45) is 0. The molecule has 0 bridgehead atoms. The molecule has 0 aromatic heterocycles. The maximum Gasteiger partial charge on any atom is 0.251 e. The highest BCUT2D eigenvalue weighted by Gasteiger charge is 2.05. The average molecular weight is 290 g/mol. The molecule has 104 valence electrons. The van der Waals surface area contributed by atoms with E-state index in [2.05, 4.69) is 5.32 Å². The first-order valence-corrected chi connectivity index (χ1v) is 6.82. The van der Waals surface area contributed by atoms with Crippen molar-refractivity contribution in [3.63, 3.8) is 0 Å². The molecule has 2 rings (SSSR count). The number of halogens is 1.